The molecule has 0 spiro atoms. The molecule has 2 nitrogen and oxygen atoms in total. The van der Waals surface area contributed by atoms with Crippen LogP contribution in [0.15, 0.2) is 18.2 Å². The Morgan fingerprint density at radius 1 is 1.25 bits per heavy atom. The number of nitrogens with zero attached hydrogens (tertiary/aromatic N) is 2. The molecule has 0 amide bonds. The lowest BCUT2D eigenvalue weighted by Gasteiger charge is -2.02. The van der Waals surface area contributed by atoms with Crippen molar-refractivity contribution in [2.24, 2.45) is 0 Å². The minimum Gasteiger partial charge on any atom is -0.240 e. The average Bonchev–Trinajstić information content (AvgIpc) is 2.63. The molecule has 2 aromatic rings. The van der Waals surface area contributed by atoms with Gasteiger partial charge in [0.05, 0.1) is 5.69 Å². The van der Waals surface area contributed by atoms with Gasteiger partial charge in [0.15, 0.2) is 0 Å². The second-order valence-corrected chi connectivity index (χ2v) is 4.86. The minimum absolute atomic E-state index is 0.705. The molecule has 0 saturated heterocycles. The van der Waals surface area contributed by atoms with Gasteiger partial charge in [0.25, 0.3) is 0 Å². The van der Waals surface area contributed by atoms with Crippen molar-refractivity contribution in [3.63, 3.8) is 0 Å². The lowest BCUT2D eigenvalue weighted by Crippen LogP contribution is -1.84. The molecule has 0 saturated carbocycles. The first-order chi connectivity index (χ1) is 7.61. The van der Waals surface area contributed by atoms with Crippen LogP contribution in [-0.2, 0) is 0 Å². The van der Waals surface area contributed by atoms with Crippen molar-refractivity contribution in [3.8, 4) is 16.6 Å². The van der Waals surface area contributed by atoms with Gasteiger partial charge in [0.1, 0.15) is 16.0 Å². The zero-order valence-corrected chi connectivity index (χ0v) is 10.4. The number of hydrogen-bond donors (Lipinski definition) is 0. The number of rotatable bonds is 1. The second kappa shape index (κ2) is 4.07. The van der Waals surface area contributed by atoms with Crippen LogP contribution in [0.1, 0.15) is 21.7 Å². The van der Waals surface area contributed by atoms with Gasteiger partial charge >= 0.3 is 0 Å². The van der Waals surface area contributed by atoms with Crippen molar-refractivity contribution in [1.82, 2.24) is 4.98 Å². The highest BCUT2D eigenvalue weighted by molar-refractivity contribution is 7.15. The molecule has 1 heterocycles. The molecule has 1 aromatic heterocycles. The van der Waals surface area contributed by atoms with E-state index in [1.54, 1.807) is 0 Å². The van der Waals surface area contributed by atoms with Gasteiger partial charge in [-0.1, -0.05) is 17.7 Å². The van der Waals surface area contributed by atoms with Crippen LogP contribution in [0.3, 0.4) is 0 Å². The van der Waals surface area contributed by atoms with Crippen molar-refractivity contribution < 1.29 is 0 Å². The number of nitriles is 1. The van der Waals surface area contributed by atoms with Crippen molar-refractivity contribution >= 4 is 11.3 Å². The first kappa shape index (κ1) is 10.8. The third-order valence-electron chi connectivity index (χ3n) is 2.52. The Bertz CT molecular complexity index is 576. The molecule has 0 unspecified atom stereocenters. The van der Waals surface area contributed by atoms with Crippen molar-refractivity contribution in [3.05, 3.63) is 39.9 Å². The van der Waals surface area contributed by atoms with Gasteiger partial charge in [0, 0.05) is 5.56 Å². The van der Waals surface area contributed by atoms with Crippen molar-refractivity contribution in [2.45, 2.75) is 20.8 Å². The largest absolute Gasteiger partial charge is 0.240 e. The third-order valence-corrected chi connectivity index (χ3v) is 3.62. The van der Waals surface area contributed by atoms with Gasteiger partial charge in [-0.15, -0.1) is 11.3 Å². The molecule has 2 rings (SSSR count). The van der Waals surface area contributed by atoms with E-state index in [1.165, 1.54) is 22.5 Å². The number of benzene rings is 1. The summed E-state index contributed by atoms with van der Waals surface area (Å²) in [7, 11) is 0. The van der Waals surface area contributed by atoms with Crippen LogP contribution >= 0.6 is 11.3 Å². The molecular formula is C13H12N2S. The Kier molecular flexibility index (Phi) is 2.76. The smallest absolute Gasteiger partial charge is 0.128 e. The molecule has 0 N–H and O–H groups in total. The molecule has 0 radical (unpaired) electrons. The predicted octanol–water partition coefficient (Wildman–Crippen LogP) is 3.61. The molecule has 0 aliphatic heterocycles. The van der Waals surface area contributed by atoms with E-state index in [0.717, 1.165) is 16.3 Å². The number of thiazole rings is 1. The summed E-state index contributed by atoms with van der Waals surface area (Å²) in [4.78, 5) is 5.15. The first-order valence-electron chi connectivity index (χ1n) is 5.07. The summed E-state index contributed by atoms with van der Waals surface area (Å²) in [5.74, 6) is 0. The fraction of sp³-hybridized carbons (Fsp3) is 0.231. The van der Waals surface area contributed by atoms with Gasteiger partial charge in [-0.2, -0.15) is 5.26 Å². The topological polar surface area (TPSA) is 36.7 Å². The van der Waals surface area contributed by atoms with Gasteiger partial charge in [-0.05, 0) is 32.4 Å². The summed E-state index contributed by atoms with van der Waals surface area (Å²) >= 11 is 1.46. The monoisotopic (exact) mass is 228 g/mol. The van der Waals surface area contributed by atoms with Crippen molar-refractivity contribution in [1.29, 1.82) is 5.26 Å². The molecule has 16 heavy (non-hydrogen) atoms. The Labute approximate surface area is 99.2 Å². The highest BCUT2D eigenvalue weighted by atomic mass is 32.1. The van der Waals surface area contributed by atoms with Gasteiger partial charge in [-0.25, -0.2) is 4.98 Å². The fourth-order valence-corrected chi connectivity index (χ4v) is 2.53. The molecule has 0 atom stereocenters. The van der Waals surface area contributed by atoms with Crippen LogP contribution in [0.5, 0.6) is 0 Å². The van der Waals surface area contributed by atoms with E-state index in [0.29, 0.717) is 4.88 Å². The Hall–Kier alpha value is -1.66. The van der Waals surface area contributed by atoms with Crippen LogP contribution in [0.25, 0.3) is 10.6 Å². The lowest BCUT2D eigenvalue weighted by molar-refractivity contribution is 1.24. The first-order valence-corrected chi connectivity index (χ1v) is 5.88. The maximum atomic E-state index is 8.92. The van der Waals surface area contributed by atoms with E-state index < -0.39 is 0 Å². The van der Waals surface area contributed by atoms with E-state index in [1.807, 2.05) is 6.92 Å². The summed E-state index contributed by atoms with van der Waals surface area (Å²) in [6, 6.07) is 8.47. The van der Waals surface area contributed by atoms with Gasteiger partial charge < -0.3 is 0 Å². The SMILES string of the molecule is Cc1ccc(C)c(-c2nc(C)c(C#N)s2)c1. The third kappa shape index (κ3) is 1.84. The predicted molar refractivity (Wildman–Crippen MR) is 66.5 cm³/mol. The molecule has 0 aliphatic carbocycles. The van der Waals surface area contributed by atoms with Gasteiger partial charge in [-0.3, -0.25) is 0 Å². The number of hydrogen-bond acceptors (Lipinski definition) is 3. The molecule has 1 aromatic carbocycles. The molecule has 0 bridgehead atoms. The fourth-order valence-electron chi connectivity index (χ4n) is 1.58. The number of aromatic nitrogens is 1. The maximum Gasteiger partial charge on any atom is 0.128 e. The zero-order valence-electron chi connectivity index (χ0n) is 9.53. The van der Waals surface area contributed by atoms with Crippen LogP contribution in [0, 0.1) is 32.1 Å². The average molecular weight is 228 g/mol. The highest BCUT2D eigenvalue weighted by Gasteiger charge is 2.10. The van der Waals surface area contributed by atoms with E-state index in [2.05, 4.69) is 43.1 Å². The van der Waals surface area contributed by atoms with Crippen LogP contribution in [-0.4, -0.2) is 4.98 Å². The summed E-state index contributed by atoms with van der Waals surface area (Å²) in [5, 5.41) is 9.86. The van der Waals surface area contributed by atoms with Crippen LogP contribution in [0.4, 0.5) is 0 Å². The Morgan fingerprint density at radius 3 is 2.62 bits per heavy atom. The van der Waals surface area contributed by atoms with Gasteiger partial charge in [0.2, 0.25) is 0 Å². The van der Waals surface area contributed by atoms with E-state index in [9.17, 15) is 0 Å². The molecule has 80 valence electrons. The molecule has 0 aliphatic rings. The maximum absolute atomic E-state index is 8.92. The summed E-state index contributed by atoms with van der Waals surface area (Å²) in [6.45, 7) is 6.01. The Morgan fingerprint density at radius 2 is 2.00 bits per heavy atom. The number of aryl methyl sites for hydroxylation is 3. The normalized spacial score (nSPS) is 10.1. The van der Waals surface area contributed by atoms with Crippen LogP contribution < -0.4 is 0 Å². The zero-order chi connectivity index (χ0) is 11.7. The summed E-state index contributed by atoms with van der Waals surface area (Å²) in [6.07, 6.45) is 0. The van der Waals surface area contributed by atoms with Crippen molar-refractivity contribution in [2.75, 3.05) is 0 Å². The summed E-state index contributed by atoms with van der Waals surface area (Å²) < 4.78 is 0. The molecule has 0 fully saturated rings. The van der Waals surface area contributed by atoms with E-state index in [-0.39, 0.29) is 0 Å². The minimum atomic E-state index is 0.705. The van der Waals surface area contributed by atoms with E-state index >= 15 is 0 Å². The second-order valence-electron chi connectivity index (χ2n) is 3.86. The summed E-state index contributed by atoms with van der Waals surface area (Å²) in [5.41, 5.74) is 4.37. The van der Waals surface area contributed by atoms with Crippen LogP contribution in [0.2, 0.25) is 0 Å². The highest BCUT2D eigenvalue weighted by Crippen LogP contribution is 2.30. The molecular weight excluding hydrogens is 216 g/mol. The van der Waals surface area contributed by atoms with E-state index in [4.69, 9.17) is 5.26 Å². The standard InChI is InChI=1S/C13H12N2S/c1-8-4-5-9(2)11(6-8)13-15-10(3)12(7-14)16-13/h4-6H,1-3H3. The Balaban J connectivity index is 2.59. The molecule has 3 heteroatoms. The lowest BCUT2D eigenvalue weighted by atomic mass is 10.1. The quantitative estimate of drug-likeness (QED) is 0.747.